The van der Waals surface area contributed by atoms with Crippen LogP contribution in [0.1, 0.15) is 44.2 Å². The van der Waals surface area contributed by atoms with Gasteiger partial charge in [0.15, 0.2) is 0 Å². The fourth-order valence-corrected chi connectivity index (χ4v) is 4.46. The maximum Gasteiger partial charge on any atom is 0.135 e. The lowest BCUT2D eigenvalue weighted by atomic mass is 9.77. The molecule has 4 unspecified atom stereocenters. The summed E-state index contributed by atoms with van der Waals surface area (Å²) in [6.45, 7) is 0. The predicted molar refractivity (Wildman–Crippen MR) is 91.6 cm³/mol. The van der Waals surface area contributed by atoms with Crippen LogP contribution in [0.3, 0.4) is 0 Å². The van der Waals surface area contributed by atoms with E-state index in [1.54, 1.807) is 0 Å². The first-order valence-corrected chi connectivity index (χ1v) is 8.74. The molecule has 0 saturated heterocycles. The molecule has 23 heavy (non-hydrogen) atoms. The quantitative estimate of drug-likeness (QED) is 0.899. The highest BCUT2D eigenvalue weighted by Gasteiger charge is 2.48. The highest BCUT2D eigenvalue weighted by Crippen LogP contribution is 2.50. The van der Waals surface area contributed by atoms with E-state index in [9.17, 15) is 0 Å². The minimum absolute atomic E-state index is 0.0998. The van der Waals surface area contributed by atoms with Crippen LogP contribution >= 0.6 is 0 Å². The average molecular weight is 311 g/mol. The van der Waals surface area contributed by atoms with E-state index in [0.717, 1.165) is 37.8 Å². The molecule has 0 spiro atoms. The Bertz CT molecular complexity index is 654. The van der Waals surface area contributed by atoms with Crippen LogP contribution in [0.2, 0.25) is 0 Å². The summed E-state index contributed by atoms with van der Waals surface area (Å²) in [6.07, 6.45) is 13.4. The first kappa shape index (κ1) is 14.9. The molecule has 0 amide bonds. The summed E-state index contributed by atoms with van der Waals surface area (Å²) in [4.78, 5) is 4.63. The molecular weight excluding hydrogens is 286 g/mol. The Morgan fingerprint density at radius 3 is 2.87 bits per heavy atom. The van der Waals surface area contributed by atoms with Gasteiger partial charge >= 0.3 is 0 Å². The van der Waals surface area contributed by atoms with Crippen molar-refractivity contribution in [2.75, 3.05) is 5.73 Å². The largest absolute Gasteiger partial charge is 0.384 e. The summed E-state index contributed by atoms with van der Waals surface area (Å²) in [7, 11) is 0. The van der Waals surface area contributed by atoms with Gasteiger partial charge in [0.05, 0.1) is 11.8 Å². The molecule has 4 rings (SSSR count). The van der Waals surface area contributed by atoms with Gasteiger partial charge in [0.25, 0.3) is 0 Å². The number of rotatable bonds is 3. The third-order valence-electron chi connectivity index (χ3n) is 5.60. The number of anilines is 1. The van der Waals surface area contributed by atoms with Crippen molar-refractivity contribution in [2.24, 2.45) is 11.7 Å². The lowest BCUT2D eigenvalue weighted by Gasteiger charge is -2.41. The maximum atomic E-state index is 6.74. The number of aromatic nitrogens is 1. The molecule has 0 aliphatic heterocycles. The van der Waals surface area contributed by atoms with Crippen molar-refractivity contribution in [1.29, 1.82) is 0 Å². The number of nitrogens with two attached hydrogens (primary N) is 2. The third kappa shape index (κ3) is 2.50. The van der Waals surface area contributed by atoms with E-state index in [-0.39, 0.29) is 12.1 Å². The number of fused-ring (bicyclic) bond motifs is 1. The van der Waals surface area contributed by atoms with Crippen molar-refractivity contribution < 1.29 is 4.74 Å². The van der Waals surface area contributed by atoms with Crippen molar-refractivity contribution in [2.45, 2.75) is 56.3 Å². The fourth-order valence-electron chi connectivity index (χ4n) is 4.46. The molecular formula is C19H25N3O. The number of ether oxygens (including phenoxy) is 1. The lowest BCUT2D eigenvalue weighted by Crippen LogP contribution is -2.45. The van der Waals surface area contributed by atoms with E-state index in [0.29, 0.717) is 11.7 Å². The van der Waals surface area contributed by atoms with Crippen molar-refractivity contribution in [3.05, 3.63) is 47.7 Å². The highest BCUT2D eigenvalue weighted by molar-refractivity contribution is 5.40. The lowest BCUT2D eigenvalue weighted by molar-refractivity contribution is -0.0987. The van der Waals surface area contributed by atoms with Crippen molar-refractivity contribution >= 4 is 5.82 Å². The number of pyridine rings is 1. The number of nitrogens with zero attached hydrogens (tertiary/aromatic N) is 1. The fraction of sp³-hybridized carbons (Fsp3) is 0.526. The van der Waals surface area contributed by atoms with Crippen LogP contribution in [0.5, 0.6) is 0 Å². The van der Waals surface area contributed by atoms with Gasteiger partial charge in [-0.3, -0.25) is 0 Å². The van der Waals surface area contributed by atoms with Gasteiger partial charge in [-0.15, -0.1) is 0 Å². The van der Waals surface area contributed by atoms with Crippen LogP contribution < -0.4 is 11.5 Å². The van der Waals surface area contributed by atoms with Crippen LogP contribution in [0.4, 0.5) is 5.82 Å². The molecule has 1 heterocycles. The van der Waals surface area contributed by atoms with Gasteiger partial charge in [0.1, 0.15) is 11.4 Å². The van der Waals surface area contributed by atoms with Gasteiger partial charge < -0.3 is 16.2 Å². The van der Waals surface area contributed by atoms with Gasteiger partial charge in [0.2, 0.25) is 0 Å². The molecule has 0 radical (unpaired) electrons. The highest BCUT2D eigenvalue weighted by atomic mass is 16.5. The zero-order valence-corrected chi connectivity index (χ0v) is 13.4. The summed E-state index contributed by atoms with van der Waals surface area (Å²) in [5, 5.41) is 0. The van der Waals surface area contributed by atoms with Crippen molar-refractivity contribution in [1.82, 2.24) is 4.98 Å². The second-order valence-electron chi connectivity index (χ2n) is 7.04. The Kier molecular flexibility index (Phi) is 3.74. The smallest absolute Gasteiger partial charge is 0.135 e. The Balaban J connectivity index is 1.77. The van der Waals surface area contributed by atoms with E-state index in [1.165, 1.54) is 12.0 Å². The van der Waals surface area contributed by atoms with Gasteiger partial charge in [0, 0.05) is 12.0 Å². The standard InChI is InChI=1S/C19H25N3O/c20-15-8-2-9-16(15)23-19(17-10-3-11-18(21)22-17)12-4-6-13-5-1-7-14(13)19/h3-4,6,10-12,14-16H,1-2,5,7-9,20H2,(H2,21,22). The van der Waals surface area contributed by atoms with E-state index in [2.05, 4.69) is 23.2 Å². The first-order valence-electron chi connectivity index (χ1n) is 8.74. The van der Waals surface area contributed by atoms with Crippen LogP contribution in [-0.4, -0.2) is 17.1 Å². The zero-order chi connectivity index (χ0) is 15.9. The minimum atomic E-state index is -0.511. The topological polar surface area (TPSA) is 74.2 Å². The molecule has 122 valence electrons. The molecule has 4 heteroatoms. The van der Waals surface area contributed by atoms with E-state index < -0.39 is 5.60 Å². The number of nitrogen functional groups attached to an aromatic ring is 1. The summed E-state index contributed by atoms with van der Waals surface area (Å²) in [5.41, 5.74) is 14.1. The average Bonchev–Trinajstić information content (AvgIpc) is 3.17. The Morgan fingerprint density at radius 1 is 1.17 bits per heavy atom. The molecule has 4 N–H and O–H groups in total. The SMILES string of the molecule is Nc1cccc(C2(OC3CCCC3N)C=CC=C3CCCC32)n1. The predicted octanol–water partition coefficient (Wildman–Crippen LogP) is 3.05. The molecule has 2 fully saturated rings. The first-order chi connectivity index (χ1) is 11.2. The molecule has 1 aromatic rings. The molecule has 3 aliphatic carbocycles. The molecule has 3 aliphatic rings. The van der Waals surface area contributed by atoms with Crippen LogP contribution in [-0.2, 0) is 10.3 Å². The normalized spacial score (nSPS) is 36.0. The van der Waals surface area contributed by atoms with Crippen LogP contribution in [0.15, 0.2) is 42.0 Å². The second-order valence-corrected chi connectivity index (χ2v) is 7.04. The number of allylic oxidation sites excluding steroid dienone is 2. The molecule has 4 atom stereocenters. The molecule has 1 aromatic heterocycles. The Hall–Kier alpha value is -1.65. The number of hydrogen-bond donors (Lipinski definition) is 2. The van der Waals surface area contributed by atoms with Gasteiger partial charge in [-0.2, -0.15) is 0 Å². The third-order valence-corrected chi connectivity index (χ3v) is 5.60. The Labute approximate surface area is 137 Å². The number of hydrogen-bond acceptors (Lipinski definition) is 4. The van der Waals surface area contributed by atoms with Crippen LogP contribution in [0, 0.1) is 5.92 Å². The summed E-state index contributed by atoms with van der Waals surface area (Å²) in [5.74, 6) is 0.901. The summed E-state index contributed by atoms with van der Waals surface area (Å²) < 4.78 is 6.74. The van der Waals surface area contributed by atoms with Crippen molar-refractivity contribution in [3.63, 3.8) is 0 Å². The minimum Gasteiger partial charge on any atom is -0.384 e. The van der Waals surface area contributed by atoms with Gasteiger partial charge in [-0.25, -0.2) is 4.98 Å². The summed E-state index contributed by atoms with van der Waals surface area (Å²) >= 11 is 0. The Morgan fingerprint density at radius 2 is 2.09 bits per heavy atom. The van der Waals surface area contributed by atoms with Crippen molar-refractivity contribution in [3.8, 4) is 0 Å². The van der Waals surface area contributed by atoms with E-state index >= 15 is 0 Å². The van der Waals surface area contributed by atoms with Gasteiger partial charge in [-0.05, 0) is 56.7 Å². The van der Waals surface area contributed by atoms with E-state index in [1.807, 2.05) is 18.2 Å². The van der Waals surface area contributed by atoms with E-state index in [4.69, 9.17) is 16.2 Å². The molecule has 4 nitrogen and oxygen atoms in total. The summed E-state index contributed by atoms with van der Waals surface area (Å²) in [6, 6.07) is 5.97. The van der Waals surface area contributed by atoms with Gasteiger partial charge in [-0.1, -0.05) is 23.8 Å². The molecule has 0 aromatic carbocycles. The monoisotopic (exact) mass is 311 g/mol. The molecule has 0 bridgehead atoms. The molecule has 2 saturated carbocycles. The zero-order valence-electron chi connectivity index (χ0n) is 13.4. The second kappa shape index (κ2) is 5.77. The maximum absolute atomic E-state index is 6.74. The van der Waals surface area contributed by atoms with Crippen LogP contribution in [0.25, 0.3) is 0 Å².